The summed E-state index contributed by atoms with van der Waals surface area (Å²) in [6, 6.07) is 0. The molecule has 0 spiro atoms. The normalized spacial score (nSPS) is 45.0. The van der Waals surface area contributed by atoms with Gasteiger partial charge in [0.15, 0.2) is 6.29 Å². The Hall–Kier alpha value is -0.160. The zero-order valence-corrected chi connectivity index (χ0v) is 4.90. The Balaban J connectivity index is 2.41. The minimum atomic E-state index is -1.21. The fourth-order valence-corrected chi connectivity index (χ4v) is 0.769. The molecule has 1 aliphatic rings. The van der Waals surface area contributed by atoms with Gasteiger partial charge in [0.1, 0.15) is 6.10 Å². The summed E-state index contributed by atoms with van der Waals surface area (Å²) < 4.78 is 4.61. The van der Waals surface area contributed by atoms with Gasteiger partial charge in [-0.25, -0.2) is 0 Å². The van der Waals surface area contributed by atoms with Gasteiger partial charge in [0, 0.05) is 0 Å². The lowest BCUT2D eigenvalue weighted by Crippen LogP contribution is -2.44. The van der Waals surface area contributed by atoms with E-state index in [1.54, 1.807) is 0 Å². The highest BCUT2D eigenvalue weighted by Gasteiger charge is 2.29. The van der Waals surface area contributed by atoms with E-state index in [1.807, 2.05) is 0 Å². The molecular formula is C5H10O4. The van der Waals surface area contributed by atoms with Crippen LogP contribution < -0.4 is 0 Å². The van der Waals surface area contributed by atoms with Gasteiger partial charge in [0.2, 0.25) is 0 Å². The standard InChI is InChI=1S/C5H10O4/c6-3-1-2-9-5(8)4(3)7/h3-8H,1-2H2/t3-,4+,5-/m1/s1. The van der Waals surface area contributed by atoms with Crippen LogP contribution in [0.1, 0.15) is 6.42 Å². The van der Waals surface area contributed by atoms with Crippen LogP contribution in [-0.2, 0) is 4.74 Å². The number of hydrogen-bond acceptors (Lipinski definition) is 4. The molecule has 1 heterocycles. The zero-order valence-electron chi connectivity index (χ0n) is 4.90. The van der Waals surface area contributed by atoms with Crippen LogP contribution >= 0.6 is 0 Å². The Kier molecular flexibility index (Phi) is 2.02. The highest BCUT2D eigenvalue weighted by Crippen LogP contribution is 2.11. The monoisotopic (exact) mass is 134 g/mol. The van der Waals surface area contributed by atoms with Crippen molar-refractivity contribution in [3.63, 3.8) is 0 Å². The molecule has 0 aromatic heterocycles. The van der Waals surface area contributed by atoms with Crippen LogP contribution in [-0.4, -0.2) is 40.4 Å². The topological polar surface area (TPSA) is 69.9 Å². The first kappa shape index (κ1) is 6.95. The molecule has 1 saturated heterocycles. The number of rotatable bonds is 0. The number of ether oxygens (including phenoxy) is 1. The molecule has 0 unspecified atom stereocenters. The minimum Gasteiger partial charge on any atom is -0.390 e. The van der Waals surface area contributed by atoms with Gasteiger partial charge in [-0.1, -0.05) is 0 Å². The minimum absolute atomic E-state index is 0.305. The van der Waals surface area contributed by atoms with Crippen LogP contribution in [0, 0.1) is 0 Å². The highest BCUT2D eigenvalue weighted by molar-refractivity contribution is 4.73. The fraction of sp³-hybridized carbons (Fsp3) is 1.00. The molecule has 0 amide bonds. The van der Waals surface area contributed by atoms with Crippen molar-refractivity contribution >= 4 is 0 Å². The maximum atomic E-state index is 8.86. The number of hydrogen-bond donors (Lipinski definition) is 3. The molecule has 3 atom stereocenters. The molecule has 54 valence electrons. The van der Waals surface area contributed by atoms with Crippen molar-refractivity contribution in [3.05, 3.63) is 0 Å². The van der Waals surface area contributed by atoms with Gasteiger partial charge >= 0.3 is 0 Å². The molecule has 4 nitrogen and oxygen atoms in total. The first-order chi connectivity index (χ1) is 4.22. The summed E-state index contributed by atoms with van der Waals surface area (Å²) in [6.07, 6.45) is -2.81. The second-order valence-corrected chi connectivity index (χ2v) is 2.11. The average Bonchev–Trinajstić information content (AvgIpc) is 1.83. The smallest absolute Gasteiger partial charge is 0.183 e. The molecule has 0 aromatic carbocycles. The van der Waals surface area contributed by atoms with Crippen molar-refractivity contribution in [1.29, 1.82) is 0 Å². The molecule has 0 aliphatic carbocycles. The van der Waals surface area contributed by atoms with Crippen molar-refractivity contribution in [2.75, 3.05) is 6.61 Å². The van der Waals surface area contributed by atoms with Crippen LogP contribution in [0.5, 0.6) is 0 Å². The van der Waals surface area contributed by atoms with E-state index in [-0.39, 0.29) is 0 Å². The second-order valence-electron chi connectivity index (χ2n) is 2.11. The zero-order chi connectivity index (χ0) is 6.85. The third-order valence-corrected chi connectivity index (χ3v) is 1.39. The molecule has 0 radical (unpaired) electrons. The average molecular weight is 134 g/mol. The first-order valence-electron chi connectivity index (χ1n) is 2.87. The summed E-state index contributed by atoms with van der Waals surface area (Å²) in [7, 11) is 0. The molecule has 4 heteroatoms. The molecular weight excluding hydrogens is 124 g/mol. The van der Waals surface area contributed by atoms with E-state index in [0.717, 1.165) is 0 Å². The molecule has 1 rings (SSSR count). The third-order valence-electron chi connectivity index (χ3n) is 1.39. The van der Waals surface area contributed by atoms with Crippen molar-refractivity contribution < 1.29 is 20.1 Å². The summed E-state index contributed by atoms with van der Waals surface area (Å²) in [4.78, 5) is 0. The van der Waals surface area contributed by atoms with Crippen LogP contribution in [0.4, 0.5) is 0 Å². The van der Waals surface area contributed by atoms with Gasteiger partial charge in [-0.05, 0) is 6.42 Å². The van der Waals surface area contributed by atoms with Gasteiger partial charge in [-0.15, -0.1) is 0 Å². The third kappa shape index (κ3) is 1.40. The van der Waals surface area contributed by atoms with Crippen LogP contribution in [0.2, 0.25) is 0 Å². The quantitative estimate of drug-likeness (QED) is 0.375. The lowest BCUT2D eigenvalue weighted by Gasteiger charge is -2.27. The van der Waals surface area contributed by atoms with Crippen molar-refractivity contribution in [1.82, 2.24) is 0 Å². The maximum absolute atomic E-state index is 8.86. The Morgan fingerprint density at radius 2 is 1.89 bits per heavy atom. The largest absolute Gasteiger partial charge is 0.390 e. The van der Waals surface area contributed by atoms with E-state index in [1.165, 1.54) is 0 Å². The lowest BCUT2D eigenvalue weighted by molar-refractivity contribution is -0.219. The van der Waals surface area contributed by atoms with E-state index in [2.05, 4.69) is 4.74 Å². The molecule has 0 bridgehead atoms. The first-order valence-corrected chi connectivity index (χ1v) is 2.87. The molecule has 0 saturated carbocycles. The van der Waals surface area contributed by atoms with Gasteiger partial charge < -0.3 is 20.1 Å². The number of aliphatic hydroxyl groups excluding tert-OH is 3. The van der Waals surface area contributed by atoms with Crippen LogP contribution in [0.25, 0.3) is 0 Å². The fourth-order valence-electron chi connectivity index (χ4n) is 0.769. The molecule has 3 N–H and O–H groups in total. The molecule has 9 heavy (non-hydrogen) atoms. The summed E-state index contributed by atoms with van der Waals surface area (Å²) >= 11 is 0. The second kappa shape index (κ2) is 2.62. The van der Waals surface area contributed by atoms with Crippen LogP contribution in [0.3, 0.4) is 0 Å². The van der Waals surface area contributed by atoms with E-state index >= 15 is 0 Å². The molecule has 1 aliphatic heterocycles. The lowest BCUT2D eigenvalue weighted by atomic mass is 10.1. The summed E-state index contributed by atoms with van der Waals surface area (Å²) in [5.41, 5.74) is 0. The predicted molar refractivity (Wildman–Crippen MR) is 28.6 cm³/mol. The summed E-state index contributed by atoms with van der Waals surface area (Å²) in [6.45, 7) is 0.305. The molecule has 0 aromatic rings. The Morgan fingerprint density at radius 3 is 2.33 bits per heavy atom. The summed E-state index contributed by atoms with van der Waals surface area (Å²) in [5, 5.41) is 26.4. The van der Waals surface area contributed by atoms with Crippen molar-refractivity contribution in [2.45, 2.75) is 24.9 Å². The Bertz CT molecular complexity index is 85.0. The van der Waals surface area contributed by atoms with Gasteiger partial charge in [-0.2, -0.15) is 0 Å². The predicted octanol–water partition coefficient (Wildman–Crippen LogP) is -1.55. The SMILES string of the molecule is O[C@H]1[C@H](O)CCO[C@H]1O. The van der Waals surface area contributed by atoms with E-state index in [4.69, 9.17) is 15.3 Å². The van der Waals surface area contributed by atoms with Gasteiger partial charge in [-0.3, -0.25) is 0 Å². The van der Waals surface area contributed by atoms with Gasteiger partial charge in [0.25, 0.3) is 0 Å². The Morgan fingerprint density at radius 1 is 1.22 bits per heavy atom. The summed E-state index contributed by atoms with van der Waals surface area (Å²) in [5.74, 6) is 0. The van der Waals surface area contributed by atoms with Crippen molar-refractivity contribution in [3.8, 4) is 0 Å². The van der Waals surface area contributed by atoms with Crippen LogP contribution in [0.15, 0.2) is 0 Å². The number of aliphatic hydroxyl groups is 3. The highest BCUT2D eigenvalue weighted by atomic mass is 16.6. The van der Waals surface area contributed by atoms with E-state index in [0.29, 0.717) is 13.0 Å². The molecule has 1 fully saturated rings. The van der Waals surface area contributed by atoms with E-state index < -0.39 is 18.5 Å². The van der Waals surface area contributed by atoms with E-state index in [9.17, 15) is 0 Å². The Labute approximate surface area is 52.7 Å². The maximum Gasteiger partial charge on any atom is 0.183 e. The van der Waals surface area contributed by atoms with Crippen molar-refractivity contribution in [2.24, 2.45) is 0 Å². The van der Waals surface area contributed by atoms with Gasteiger partial charge in [0.05, 0.1) is 12.7 Å².